The maximum absolute atomic E-state index is 13.3. The average molecular weight is 1920 g/mol. The number of carbonyl (C=O) groups excluding carboxylic acids is 6. The number of phenolic OH excluding ortho intramolecular Hbond substituents is 1. The SMILES string of the molecule is CC(C)(OC(=O)C1(O)c2ccccc2-c2ccccc21)C1CCNCC1.CC(C)CC1CCC(C(=O)OC(C)(C)C2CCNCC2)CC1.CC(C)Cc1ccc(C(=O)OC(C)(C)C2CCNCC2)cc1.COc1ccc2cc(O)c(C(=O)OC(C)(C)C3CCNCC3)cc2c1.Cc1ccc(C(C)C)c(C(=O)OC(C)(C)C2CCNCC2)c1.Cc1ccc2c(C(=O)OC(C)(C)C3CCNCC3)cccc2c1. The van der Waals surface area contributed by atoms with Crippen LogP contribution in [0.2, 0.25) is 0 Å². The number of piperidine rings is 6. The van der Waals surface area contributed by atoms with Gasteiger partial charge in [0.2, 0.25) is 5.60 Å². The van der Waals surface area contributed by atoms with Crippen molar-refractivity contribution in [1.29, 1.82) is 0 Å². The molecule has 8 aliphatic rings. The second kappa shape index (κ2) is 50.1. The van der Waals surface area contributed by atoms with Gasteiger partial charge in [-0.25, -0.2) is 24.0 Å². The highest BCUT2D eigenvalue weighted by Crippen LogP contribution is 2.50. The fraction of sp³-hybridized carbons (Fsp3) is 0.580. The van der Waals surface area contributed by atoms with Gasteiger partial charge in [-0.15, -0.1) is 0 Å². The molecule has 8 aromatic rings. The number of aliphatic hydroxyl groups is 1. The zero-order valence-corrected chi connectivity index (χ0v) is 88.3. The lowest BCUT2D eigenvalue weighted by Gasteiger charge is -2.38. The van der Waals surface area contributed by atoms with E-state index in [0.29, 0.717) is 69.4 Å². The molecule has 6 saturated heterocycles. The summed E-state index contributed by atoms with van der Waals surface area (Å²) in [5.41, 5.74) is 5.29. The molecule has 0 spiro atoms. The summed E-state index contributed by atoms with van der Waals surface area (Å²) >= 11 is 0. The first-order chi connectivity index (χ1) is 66.4. The van der Waals surface area contributed by atoms with E-state index in [2.05, 4.69) is 106 Å². The highest BCUT2D eigenvalue weighted by atomic mass is 16.6. The third-order valence-corrected chi connectivity index (χ3v) is 30.8. The topological polar surface area (TPSA) is 280 Å². The fourth-order valence-electron chi connectivity index (χ4n) is 21.9. The van der Waals surface area contributed by atoms with Crippen LogP contribution < -0.4 is 36.6 Å². The quantitative estimate of drug-likeness (QED) is 0.0206. The van der Waals surface area contributed by atoms with Crippen LogP contribution >= 0.6 is 0 Å². The van der Waals surface area contributed by atoms with Gasteiger partial charge >= 0.3 is 35.8 Å². The molecule has 764 valence electrons. The first kappa shape index (κ1) is 111. The molecule has 6 aliphatic heterocycles. The molecule has 7 fully saturated rings. The lowest BCUT2D eigenvalue weighted by atomic mass is 9.78. The van der Waals surface area contributed by atoms with E-state index >= 15 is 0 Å². The number of nitrogens with one attached hydrogen (secondary N) is 6. The summed E-state index contributed by atoms with van der Waals surface area (Å²) in [6.07, 6.45) is 19.2. The Labute approximate surface area is 836 Å². The van der Waals surface area contributed by atoms with Crippen molar-refractivity contribution < 1.29 is 72.1 Å². The van der Waals surface area contributed by atoms with Gasteiger partial charge in [0, 0.05) is 46.6 Å². The predicted octanol–water partition coefficient (Wildman–Crippen LogP) is 22.8. The number of rotatable bonds is 24. The number of aromatic hydroxyl groups is 1. The Morgan fingerprint density at radius 2 is 0.771 bits per heavy atom. The van der Waals surface area contributed by atoms with Crippen LogP contribution in [0.15, 0.2) is 158 Å². The number of esters is 6. The molecule has 8 aromatic carbocycles. The Bertz CT molecular complexity index is 5330. The molecule has 0 radical (unpaired) electrons. The molecule has 140 heavy (non-hydrogen) atoms. The normalized spacial score (nSPS) is 18.7. The van der Waals surface area contributed by atoms with Gasteiger partial charge in [0.1, 0.15) is 50.7 Å². The minimum absolute atomic E-state index is 0.0616. The zero-order valence-electron chi connectivity index (χ0n) is 88.3. The minimum atomic E-state index is -1.75. The number of aryl methyl sites for hydroxylation is 2. The van der Waals surface area contributed by atoms with E-state index in [0.717, 1.165) is 236 Å². The Hall–Kier alpha value is -9.58. The number of hydrogen-bond acceptors (Lipinski definition) is 21. The van der Waals surface area contributed by atoms with Crippen molar-refractivity contribution in [2.45, 2.75) is 299 Å². The molecule has 1 saturated carbocycles. The highest BCUT2D eigenvalue weighted by Gasteiger charge is 2.52. The molecular weight excluding hydrogens is 1750 g/mol. The third-order valence-electron chi connectivity index (χ3n) is 30.8. The molecule has 0 unspecified atom stereocenters. The number of fused-ring (bicyclic) bond motifs is 5. The van der Waals surface area contributed by atoms with Crippen LogP contribution in [0.3, 0.4) is 0 Å². The van der Waals surface area contributed by atoms with E-state index in [9.17, 15) is 39.0 Å². The van der Waals surface area contributed by atoms with Crippen molar-refractivity contribution >= 4 is 57.4 Å². The molecule has 0 atom stereocenters. The van der Waals surface area contributed by atoms with Crippen LogP contribution in [-0.2, 0) is 50.0 Å². The van der Waals surface area contributed by atoms with E-state index in [1.54, 1.807) is 19.2 Å². The van der Waals surface area contributed by atoms with Gasteiger partial charge in [-0.1, -0.05) is 162 Å². The van der Waals surface area contributed by atoms with Crippen molar-refractivity contribution in [2.75, 3.05) is 85.6 Å². The second-order valence-electron chi connectivity index (χ2n) is 44.9. The summed E-state index contributed by atoms with van der Waals surface area (Å²) in [4.78, 5) is 76.4. The van der Waals surface area contributed by atoms with Gasteiger partial charge < -0.3 is 75.3 Å². The molecule has 2 aliphatic carbocycles. The molecular formula is C119H168N6O15. The maximum Gasteiger partial charge on any atom is 0.348 e. The van der Waals surface area contributed by atoms with Crippen LogP contribution in [0.25, 0.3) is 32.7 Å². The summed E-state index contributed by atoms with van der Waals surface area (Å²) in [6.45, 7) is 53.4. The van der Waals surface area contributed by atoms with Crippen LogP contribution in [0.4, 0.5) is 0 Å². The zero-order chi connectivity index (χ0) is 101. The second-order valence-corrected chi connectivity index (χ2v) is 44.9. The van der Waals surface area contributed by atoms with Crippen LogP contribution in [-0.4, -0.2) is 165 Å². The number of benzene rings is 8. The smallest absolute Gasteiger partial charge is 0.348 e. The van der Waals surface area contributed by atoms with Gasteiger partial charge in [-0.3, -0.25) is 4.79 Å². The summed E-state index contributed by atoms with van der Waals surface area (Å²) in [5.74, 6) is 4.01. The Morgan fingerprint density at radius 1 is 0.371 bits per heavy atom. The molecule has 0 bridgehead atoms. The number of hydrogen-bond donors (Lipinski definition) is 8. The Morgan fingerprint density at radius 3 is 1.20 bits per heavy atom. The van der Waals surface area contributed by atoms with Crippen molar-refractivity contribution in [2.24, 2.45) is 59.2 Å². The van der Waals surface area contributed by atoms with Gasteiger partial charge in [-0.05, 0) is 407 Å². The van der Waals surface area contributed by atoms with E-state index in [1.807, 2.05) is 210 Å². The largest absolute Gasteiger partial charge is 0.507 e. The van der Waals surface area contributed by atoms with Crippen molar-refractivity contribution in [3.05, 3.63) is 213 Å². The highest BCUT2D eigenvalue weighted by molar-refractivity contribution is 6.05. The first-order valence-corrected chi connectivity index (χ1v) is 52.4. The number of phenols is 1. The van der Waals surface area contributed by atoms with E-state index in [-0.39, 0.29) is 52.6 Å². The summed E-state index contributed by atoms with van der Waals surface area (Å²) in [6, 6.07) is 49.7. The third kappa shape index (κ3) is 30.0. The van der Waals surface area contributed by atoms with Crippen LogP contribution in [0.1, 0.15) is 315 Å². The standard InChI is InChI=1S/C22H25NO3.C20H25NO4.C20H25NO2.C19H29NO2.C19H35NO2.C19H29NO2/c1-21(2,15-11-13-23-14-12-15)26-20(24)22(25)18-9-5-3-7-16(18)17-8-4-6-10-19(17)22;1-20(2,15-6-8-21-9-7-15)25-19(23)17-11-14-10-16(24-3)5-4-13(14)12-18(17)22;1-14-7-8-17-15(13-14)5-4-6-18(17)19(22)23-20(2,3)16-9-11-21-12-10-16;1-13(2)16-7-6-14(3)12-17(16)18(21)22-19(4,5)15-8-10-20-11-9-15;2*1-14(2)13-15-5-7-16(8-6-15)18(21)22-19(3,4)17-9-11-20-12-10-17/h3-10,15,23,25H,11-14H2,1-2H3;4-5,10-12,15,21-22H,6-9H2,1-3H3;4-8,13,16,21H,9-12H2,1-3H3;6-7,12-13,15,20H,8-11H2,1-5H3;14-17,20H,5-13H2,1-4H3;5-8,14,17,20H,9-13H2,1-4H3. The number of ether oxygens (including phenoxy) is 7. The van der Waals surface area contributed by atoms with Crippen molar-refractivity contribution in [3.8, 4) is 22.6 Å². The molecule has 21 heteroatoms. The van der Waals surface area contributed by atoms with Gasteiger partial charge in [0.25, 0.3) is 0 Å². The van der Waals surface area contributed by atoms with E-state index in [1.165, 1.54) is 30.4 Å². The van der Waals surface area contributed by atoms with E-state index < -0.39 is 45.5 Å². The first-order valence-electron chi connectivity index (χ1n) is 52.4. The molecule has 16 rings (SSSR count). The fourth-order valence-corrected chi connectivity index (χ4v) is 21.9. The lowest BCUT2D eigenvalue weighted by molar-refractivity contribution is -0.181. The summed E-state index contributed by atoms with van der Waals surface area (Å²) in [5, 5.41) is 45.6. The number of methoxy groups -OCH3 is 1. The van der Waals surface area contributed by atoms with Crippen LogP contribution in [0.5, 0.6) is 11.5 Å². The van der Waals surface area contributed by atoms with E-state index in [4.69, 9.17) is 33.2 Å². The molecule has 21 nitrogen and oxygen atoms in total. The van der Waals surface area contributed by atoms with Gasteiger partial charge in [0.05, 0.1) is 29.7 Å². The monoisotopic (exact) mass is 1920 g/mol. The molecule has 8 N–H and O–H groups in total. The summed E-state index contributed by atoms with van der Waals surface area (Å²) in [7, 11) is 1.60. The maximum atomic E-state index is 13.3. The lowest BCUT2D eigenvalue weighted by Crippen LogP contribution is -2.47. The Balaban J connectivity index is 0.000000161. The molecule has 0 aromatic heterocycles. The van der Waals surface area contributed by atoms with Gasteiger partial charge in [0.15, 0.2) is 0 Å². The van der Waals surface area contributed by atoms with Gasteiger partial charge in [-0.2, -0.15) is 0 Å². The number of carbonyl (C=O) groups is 6. The molecule has 0 amide bonds. The predicted molar refractivity (Wildman–Crippen MR) is 563 cm³/mol. The minimum Gasteiger partial charge on any atom is -0.507 e. The molecule has 6 heterocycles. The van der Waals surface area contributed by atoms with Crippen molar-refractivity contribution in [1.82, 2.24) is 31.9 Å². The average Bonchev–Trinajstić information content (AvgIpc) is 1.56. The van der Waals surface area contributed by atoms with Crippen molar-refractivity contribution in [3.63, 3.8) is 0 Å². The van der Waals surface area contributed by atoms with Crippen LogP contribution in [0, 0.1) is 73.0 Å². The summed E-state index contributed by atoms with van der Waals surface area (Å²) < 4.78 is 40.6. The Kier molecular flexibility index (Phi) is 39.6.